The van der Waals surface area contributed by atoms with Crippen molar-refractivity contribution in [3.63, 3.8) is 0 Å². The molecule has 0 aromatic heterocycles. The Labute approximate surface area is 122 Å². The van der Waals surface area contributed by atoms with Gasteiger partial charge in [-0.25, -0.2) is 0 Å². The molecule has 1 aliphatic heterocycles. The van der Waals surface area contributed by atoms with Crippen molar-refractivity contribution in [1.82, 2.24) is 10.2 Å². The topological polar surface area (TPSA) is 86.7 Å². The molecule has 1 aromatic rings. The van der Waals surface area contributed by atoms with Crippen LogP contribution in [0.2, 0.25) is 0 Å². The summed E-state index contributed by atoms with van der Waals surface area (Å²) in [6.07, 6.45) is 0.0160. The number of hydrogen-bond donors (Lipinski definition) is 2. The number of rotatable bonds is 6. The van der Waals surface area contributed by atoms with Gasteiger partial charge in [0.15, 0.2) is 0 Å². The van der Waals surface area contributed by atoms with Gasteiger partial charge in [-0.1, -0.05) is 12.1 Å². The number of carbonyl (C=O) groups is 3. The van der Waals surface area contributed by atoms with E-state index in [0.717, 1.165) is 0 Å². The number of aliphatic hydroxyl groups excluding tert-OH is 1. The largest absolute Gasteiger partial charge is 0.392 e. The van der Waals surface area contributed by atoms with E-state index in [1.165, 1.54) is 4.90 Å². The molecule has 0 bridgehead atoms. The highest BCUT2D eigenvalue weighted by atomic mass is 16.3. The van der Waals surface area contributed by atoms with Crippen LogP contribution in [0.5, 0.6) is 0 Å². The van der Waals surface area contributed by atoms with Crippen molar-refractivity contribution < 1.29 is 19.5 Å². The first-order valence-corrected chi connectivity index (χ1v) is 6.90. The Balaban J connectivity index is 1.84. The zero-order chi connectivity index (χ0) is 15.4. The molecule has 0 spiro atoms. The molecule has 1 aliphatic rings. The lowest BCUT2D eigenvalue weighted by atomic mass is 10.1. The van der Waals surface area contributed by atoms with Gasteiger partial charge in [-0.05, 0) is 25.5 Å². The minimum absolute atomic E-state index is 0.200. The molecule has 0 saturated carbocycles. The second-order valence-corrected chi connectivity index (χ2v) is 5.06. The highest BCUT2D eigenvalue weighted by molar-refractivity contribution is 6.21. The molecular formula is C15H18N2O4. The summed E-state index contributed by atoms with van der Waals surface area (Å²) >= 11 is 0. The SMILES string of the molecule is CC(O)CNC(=O)CCCN1C(=O)c2ccccc2C1=O. The van der Waals surface area contributed by atoms with Crippen LogP contribution in [0.4, 0.5) is 0 Å². The van der Waals surface area contributed by atoms with Crippen molar-refractivity contribution in [3.05, 3.63) is 35.4 Å². The zero-order valence-corrected chi connectivity index (χ0v) is 11.8. The number of benzene rings is 1. The number of nitrogens with one attached hydrogen (secondary N) is 1. The minimum Gasteiger partial charge on any atom is -0.392 e. The molecule has 0 aliphatic carbocycles. The van der Waals surface area contributed by atoms with Crippen LogP contribution in [0.15, 0.2) is 24.3 Å². The third-order valence-corrected chi connectivity index (χ3v) is 3.26. The summed E-state index contributed by atoms with van der Waals surface area (Å²) in [5.74, 6) is -0.813. The van der Waals surface area contributed by atoms with Crippen LogP contribution in [0.1, 0.15) is 40.5 Å². The van der Waals surface area contributed by atoms with Gasteiger partial charge in [-0.3, -0.25) is 19.3 Å². The fraction of sp³-hybridized carbons (Fsp3) is 0.400. The monoisotopic (exact) mass is 290 g/mol. The van der Waals surface area contributed by atoms with Crippen LogP contribution in [-0.4, -0.2) is 46.9 Å². The third kappa shape index (κ3) is 3.46. The number of hydrogen-bond acceptors (Lipinski definition) is 4. The van der Waals surface area contributed by atoms with Crippen LogP contribution in [-0.2, 0) is 4.79 Å². The second kappa shape index (κ2) is 6.49. The van der Waals surface area contributed by atoms with Crippen molar-refractivity contribution in [2.24, 2.45) is 0 Å². The van der Waals surface area contributed by atoms with E-state index in [1.807, 2.05) is 0 Å². The first-order valence-electron chi connectivity index (χ1n) is 6.90. The van der Waals surface area contributed by atoms with E-state index in [9.17, 15) is 14.4 Å². The number of carbonyl (C=O) groups excluding carboxylic acids is 3. The molecule has 112 valence electrons. The smallest absolute Gasteiger partial charge is 0.261 e. The summed E-state index contributed by atoms with van der Waals surface area (Å²) in [5.41, 5.74) is 0.835. The summed E-state index contributed by atoms with van der Waals surface area (Å²) in [6.45, 7) is 2.00. The van der Waals surface area contributed by atoms with Crippen molar-refractivity contribution in [2.75, 3.05) is 13.1 Å². The van der Waals surface area contributed by atoms with Crippen LogP contribution in [0.3, 0.4) is 0 Å². The molecule has 1 heterocycles. The predicted octanol–water partition coefficient (Wildman–Crippen LogP) is 0.560. The zero-order valence-electron chi connectivity index (χ0n) is 11.8. The Morgan fingerprint density at radius 3 is 2.33 bits per heavy atom. The lowest BCUT2D eigenvalue weighted by Crippen LogP contribution is -2.33. The summed E-state index contributed by atoms with van der Waals surface area (Å²) in [6, 6.07) is 6.70. The number of amides is 3. The average Bonchev–Trinajstić information content (AvgIpc) is 2.70. The number of imide groups is 1. The third-order valence-electron chi connectivity index (χ3n) is 3.26. The van der Waals surface area contributed by atoms with Gasteiger partial charge in [0.25, 0.3) is 11.8 Å². The molecule has 0 radical (unpaired) electrons. The number of aliphatic hydroxyl groups is 1. The summed E-state index contributed by atoms with van der Waals surface area (Å²) < 4.78 is 0. The van der Waals surface area contributed by atoms with Crippen LogP contribution in [0.25, 0.3) is 0 Å². The highest BCUT2D eigenvalue weighted by Crippen LogP contribution is 2.22. The molecule has 0 saturated heterocycles. The molecule has 1 unspecified atom stereocenters. The van der Waals surface area contributed by atoms with E-state index < -0.39 is 6.10 Å². The van der Waals surface area contributed by atoms with E-state index >= 15 is 0 Å². The summed E-state index contributed by atoms with van der Waals surface area (Å²) in [5, 5.41) is 11.6. The Bertz CT molecular complexity index is 534. The van der Waals surface area contributed by atoms with Gasteiger partial charge in [0.05, 0.1) is 17.2 Å². The van der Waals surface area contributed by atoms with Gasteiger partial charge in [0.2, 0.25) is 5.91 Å². The molecule has 6 nitrogen and oxygen atoms in total. The normalized spacial score (nSPS) is 15.0. The summed E-state index contributed by atoms with van der Waals surface area (Å²) in [4.78, 5) is 36.8. The first kappa shape index (κ1) is 15.2. The van der Waals surface area contributed by atoms with Gasteiger partial charge < -0.3 is 10.4 Å². The van der Waals surface area contributed by atoms with Crippen molar-refractivity contribution in [3.8, 4) is 0 Å². The highest BCUT2D eigenvalue weighted by Gasteiger charge is 2.34. The second-order valence-electron chi connectivity index (χ2n) is 5.06. The Hall–Kier alpha value is -2.21. The van der Waals surface area contributed by atoms with E-state index in [-0.39, 0.29) is 37.2 Å². The predicted molar refractivity (Wildman–Crippen MR) is 75.7 cm³/mol. The van der Waals surface area contributed by atoms with E-state index in [0.29, 0.717) is 17.5 Å². The maximum Gasteiger partial charge on any atom is 0.261 e. The maximum atomic E-state index is 12.1. The van der Waals surface area contributed by atoms with E-state index in [4.69, 9.17) is 5.11 Å². The fourth-order valence-corrected chi connectivity index (χ4v) is 2.19. The fourth-order valence-electron chi connectivity index (χ4n) is 2.19. The molecule has 1 atom stereocenters. The summed E-state index contributed by atoms with van der Waals surface area (Å²) in [7, 11) is 0. The Kier molecular flexibility index (Phi) is 4.70. The lowest BCUT2D eigenvalue weighted by molar-refractivity contribution is -0.121. The quantitative estimate of drug-likeness (QED) is 0.749. The Morgan fingerprint density at radius 2 is 1.81 bits per heavy atom. The molecule has 6 heteroatoms. The molecular weight excluding hydrogens is 272 g/mol. The van der Waals surface area contributed by atoms with E-state index in [1.54, 1.807) is 31.2 Å². The van der Waals surface area contributed by atoms with E-state index in [2.05, 4.69) is 5.32 Å². The molecule has 0 fully saturated rings. The lowest BCUT2D eigenvalue weighted by Gasteiger charge is -2.13. The van der Waals surface area contributed by atoms with Gasteiger partial charge in [0, 0.05) is 19.5 Å². The Morgan fingerprint density at radius 1 is 1.24 bits per heavy atom. The molecule has 2 N–H and O–H groups in total. The molecule has 21 heavy (non-hydrogen) atoms. The van der Waals surface area contributed by atoms with Gasteiger partial charge in [0.1, 0.15) is 0 Å². The first-order chi connectivity index (χ1) is 10.0. The van der Waals surface area contributed by atoms with Gasteiger partial charge >= 0.3 is 0 Å². The minimum atomic E-state index is -0.592. The molecule has 3 amide bonds. The standard InChI is InChI=1S/C15H18N2O4/c1-10(18)9-16-13(19)7-4-8-17-14(20)11-5-2-3-6-12(11)15(17)21/h2-3,5-6,10,18H,4,7-9H2,1H3,(H,16,19). The van der Waals surface area contributed by atoms with Crippen LogP contribution < -0.4 is 5.32 Å². The maximum absolute atomic E-state index is 12.1. The van der Waals surface area contributed by atoms with Crippen LogP contribution >= 0.6 is 0 Å². The average molecular weight is 290 g/mol. The van der Waals surface area contributed by atoms with Gasteiger partial charge in [-0.2, -0.15) is 0 Å². The van der Waals surface area contributed by atoms with Crippen molar-refractivity contribution >= 4 is 17.7 Å². The number of fused-ring (bicyclic) bond motifs is 1. The number of nitrogens with zero attached hydrogens (tertiary/aromatic N) is 1. The van der Waals surface area contributed by atoms with Gasteiger partial charge in [-0.15, -0.1) is 0 Å². The van der Waals surface area contributed by atoms with Crippen LogP contribution in [0, 0.1) is 0 Å². The molecule has 2 rings (SSSR count). The van der Waals surface area contributed by atoms with Crippen molar-refractivity contribution in [2.45, 2.75) is 25.9 Å². The molecule has 1 aromatic carbocycles. The van der Waals surface area contributed by atoms with Crippen molar-refractivity contribution in [1.29, 1.82) is 0 Å².